The maximum absolute atomic E-state index is 11.6. The highest BCUT2D eigenvalue weighted by Gasteiger charge is 2.25. The van der Waals surface area contributed by atoms with Crippen LogP contribution in [-0.2, 0) is 11.2 Å². The lowest BCUT2D eigenvalue weighted by molar-refractivity contribution is -0.123. The highest BCUT2D eigenvalue weighted by molar-refractivity contribution is 5.81. The second kappa shape index (κ2) is 6.69. The first-order chi connectivity index (χ1) is 8.77. The Morgan fingerprint density at radius 1 is 1.28 bits per heavy atom. The number of nitrogens with zero attached hydrogens (tertiary/aromatic N) is 1. The monoisotopic (exact) mass is 245 g/mol. The molecule has 2 heteroatoms. The summed E-state index contributed by atoms with van der Waals surface area (Å²) in [6.07, 6.45) is 5.77. The van der Waals surface area contributed by atoms with E-state index in [1.165, 1.54) is 18.4 Å². The standard InChI is InChI=1S/C16H23NO/c1-14(18)16-11-5-6-12-17(16)13-7-10-15-8-3-2-4-9-15/h2-4,8-9,16H,5-7,10-13H2,1H3/t16-/m1/s1. The topological polar surface area (TPSA) is 20.3 Å². The number of rotatable bonds is 5. The van der Waals surface area contributed by atoms with Gasteiger partial charge in [0.05, 0.1) is 6.04 Å². The molecule has 18 heavy (non-hydrogen) atoms. The Bertz CT molecular complexity index is 374. The molecule has 0 radical (unpaired) electrons. The third-order valence-corrected chi connectivity index (χ3v) is 3.84. The Balaban J connectivity index is 1.79. The van der Waals surface area contributed by atoms with E-state index in [1.807, 2.05) is 0 Å². The fourth-order valence-electron chi connectivity index (χ4n) is 2.85. The molecule has 2 rings (SSSR count). The number of benzene rings is 1. The molecule has 1 aliphatic heterocycles. The Labute approximate surface area is 110 Å². The molecule has 1 heterocycles. The van der Waals surface area contributed by atoms with Crippen LogP contribution in [-0.4, -0.2) is 29.8 Å². The van der Waals surface area contributed by atoms with Gasteiger partial charge in [0.15, 0.2) is 0 Å². The van der Waals surface area contributed by atoms with Crippen LogP contribution in [0.3, 0.4) is 0 Å². The van der Waals surface area contributed by atoms with E-state index in [0.717, 1.165) is 32.4 Å². The van der Waals surface area contributed by atoms with Gasteiger partial charge in [-0.3, -0.25) is 9.69 Å². The van der Waals surface area contributed by atoms with E-state index in [-0.39, 0.29) is 6.04 Å². The van der Waals surface area contributed by atoms with Crippen molar-refractivity contribution in [3.05, 3.63) is 35.9 Å². The minimum absolute atomic E-state index is 0.189. The van der Waals surface area contributed by atoms with Crippen LogP contribution in [0.2, 0.25) is 0 Å². The first-order valence-electron chi connectivity index (χ1n) is 7.06. The van der Waals surface area contributed by atoms with Crippen molar-refractivity contribution in [1.82, 2.24) is 4.90 Å². The third-order valence-electron chi connectivity index (χ3n) is 3.84. The number of hydrogen-bond donors (Lipinski definition) is 0. The molecule has 1 saturated heterocycles. The Hall–Kier alpha value is -1.15. The predicted molar refractivity (Wildman–Crippen MR) is 74.7 cm³/mol. The first-order valence-corrected chi connectivity index (χ1v) is 7.06. The highest BCUT2D eigenvalue weighted by atomic mass is 16.1. The average molecular weight is 245 g/mol. The van der Waals surface area contributed by atoms with Gasteiger partial charge in [0.2, 0.25) is 0 Å². The zero-order chi connectivity index (χ0) is 12.8. The number of piperidine rings is 1. The van der Waals surface area contributed by atoms with E-state index in [2.05, 4.69) is 35.2 Å². The van der Waals surface area contributed by atoms with Crippen LogP contribution in [0.15, 0.2) is 30.3 Å². The lowest BCUT2D eigenvalue weighted by Crippen LogP contribution is -2.44. The average Bonchev–Trinajstić information content (AvgIpc) is 2.40. The molecule has 0 spiro atoms. The second-order valence-corrected chi connectivity index (χ2v) is 5.25. The summed E-state index contributed by atoms with van der Waals surface area (Å²) in [5, 5.41) is 0. The summed E-state index contributed by atoms with van der Waals surface area (Å²) in [5.41, 5.74) is 1.40. The minimum Gasteiger partial charge on any atom is -0.298 e. The van der Waals surface area contributed by atoms with E-state index in [1.54, 1.807) is 6.92 Å². The number of carbonyl (C=O) groups is 1. The van der Waals surface area contributed by atoms with Crippen molar-refractivity contribution in [2.24, 2.45) is 0 Å². The second-order valence-electron chi connectivity index (χ2n) is 5.25. The van der Waals surface area contributed by atoms with E-state index >= 15 is 0 Å². The van der Waals surface area contributed by atoms with Crippen LogP contribution in [0, 0.1) is 0 Å². The van der Waals surface area contributed by atoms with Gasteiger partial charge in [0.25, 0.3) is 0 Å². The van der Waals surface area contributed by atoms with Crippen molar-refractivity contribution in [2.75, 3.05) is 13.1 Å². The summed E-state index contributed by atoms with van der Waals surface area (Å²) in [6, 6.07) is 10.8. The molecular weight excluding hydrogens is 222 g/mol. The summed E-state index contributed by atoms with van der Waals surface area (Å²) in [6.45, 7) is 3.89. The molecule has 0 N–H and O–H groups in total. The van der Waals surface area contributed by atoms with Gasteiger partial charge in [-0.15, -0.1) is 0 Å². The van der Waals surface area contributed by atoms with Gasteiger partial charge in [-0.2, -0.15) is 0 Å². The van der Waals surface area contributed by atoms with Crippen molar-refractivity contribution >= 4 is 5.78 Å². The minimum atomic E-state index is 0.189. The summed E-state index contributed by atoms with van der Waals surface area (Å²) in [7, 11) is 0. The molecule has 1 aromatic carbocycles. The number of likely N-dealkylation sites (tertiary alicyclic amines) is 1. The summed E-state index contributed by atoms with van der Waals surface area (Å²) < 4.78 is 0. The molecule has 1 fully saturated rings. The van der Waals surface area contributed by atoms with Crippen molar-refractivity contribution in [3.63, 3.8) is 0 Å². The maximum Gasteiger partial charge on any atom is 0.146 e. The molecule has 0 aliphatic carbocycles. The van der Waals surface area contributed by atoms with Crippen molar-refractivity contribution in [2.45, 2.75) is 45.1 Å². The summed E-state index contributed by atoms with van der Waals surface area (Å²) in [5.74, 6) is 0.342. The van der Waals surface area contributed by atoms with Gasteiger partial charge in [-0.1, -0.05) is 36.8 Å². The van der Waals surface area contributed by atoms with Crippen LogP contribution >= 0.6 is 0 Å². The molecule has 1 aliphatic rings. The molecular formula is C16H23NO. The lowest BCUT2D eigenvalue weighted by atomic mass is 9.98. The third kappa shape index (κ3) is 3.67. The van der Waals surface area contributed by atoms with Crippen LogP contribution < -0.4 is 0 Å². The Morgan fingerprint density at radius 2 is 2.06 bits per heavy atom. The van der Waals surface area contributed by atoms with Gasteiger partial charge in [-0.05, 0) is 51.3 Å². The van der Waals surface area contributed by atoms with Gasteiger partial charge in [0, 0.05) is 0 Å². The van der Waals surface area contributed by atoms with Crippen molar-refractivity contribution in [3.8, 4) is 0 Å². The summed E-state index contributed by atoms with van der Waals surface area (Å²) >= 11 is 0. The van der Waals surface area contributed by atoms with Crippen molar-refractivity contribution < 1.29 is 4.79 Å². The Morgan fingerprint density at radius 3 is 2.78 bits per heavy atom. The zero-order valence-corrected chi connectivity index (χ0v) is 11.3. The van der Waals surface area contributed by atoms with Crippen LogP contribution in [0.25, 0.3) is 0 Å². The number of aryl methyl sites for hydroxylation is 1. The van der Waals surface area contributed by atoms with Gasteiger partial charge in [0.1, 0.15) is 5.78 Å². The molecule has 1 atom stereocenters. The van der Waals surface area contributed by atoms with Crippen LogP contribution in [0.4, 0.5) is 0 Å². The highest BCUT2D eigenvalue weighted by Crippen LogP contribution is 2.18. The Kier molecular flexibility index (Phi) is 4.94. The van der Waals surface area contributed by atoms with Gasteiger partial charge in [-0.25, -0.2) is 0 Å². The fraction of sp³-hybridized carbons (Fsp3) is 0.562. The van der Waals surface area contributed by atoms with E-state index in [4.69, 9.17) is 0 Å². The van der Waals surface area contributed by atoms with Gasteiger partial charge < -0.3 is 0 Å². The number of ketones is 1. The van der Waals surface area contributed by atoms with Crippen LogP contribution in [0.1, 0.15) is 38.2 Å². The number of Topliss-reactive ketones (excluding diaryl/α,β-unsaturated/α-hetero) is 1. The zero-order valence-electron chi connectivity index (χ0n) is 11.3. The molecule has 0 aromatic heterocycles. The van der Waals surface area contributed by atoms with Crippen LogP contribution in [0.5, 0.6) is 0 Å². The molecule has 0 amide bonds. The molecule has 1 aromatic rings. The molecule has 98 valence electrons. The van der Waals surface area contributed by atoms with E-state index < -0.39 is 0 Å². The fourth-order valence-corrected chi connectivity index (χ4v) is 2.85. The largest absolute Gasteiger partial charge is 0.298 e. The maximum atomic E-state index is 11.6. The summed E-state index contributed by atoms with van der Waals surface area (Å²) in [4.78, 5) is 14.0. The SMILES string of the molecule is CC(=O)[C@H]1CCCCN1CCCc1ccccc1. The molecule has 0 bridgehead atoms. The molecule has 0 saturated carbocycles. The van der Waals surface area contributed by atoms with E-state index in [9.17, 15) is 4.79 Å². The molecule has 2 nitrogen and oxygen atoms in total. The number of hydrogen-bond acceptors (Lipinski definition) is 2. The predicted octanol–water partition coefficient (Wildman–Crippen LogP) is 3.06. The van der Waals surface area contributed by atoms with E-state index in [0.29, 0.717) is 5.78 Å². The normalized spacial score (nSPS) is 20.8. The van der Waals surface area contributed by atoms with Gasteiger partial charge >= 0.3 is 0 Å². The smallest absolute Gasteiger partial charge is 0.146 e. The first kappa shape index (κ1) is 13.3. The van der Waals surface area contributed by atoms with Crippen molar-refractivity contribution in [1.29, 1.82) is 0 Å². The molecule has 0 unspecified atom stereocenters. The quantitative estimate of drug-likeness (QED) is 0.794. The number of carbonyl (C=O) groups excluding carboxylic acids is 1. The lowest BCUT2D eigenvalue weighted by Gasteiger charge is -2.34.